The zero-order chi connectivity index (χ0) is 17.9. The van der Waals surface area contributed by atoms with E-state index >= 15 is 0 Å². The number of carbonyl (C=O) groups is 2. The lowest BCUT2D eigenvalue weighted by Gasteiger charge is -2.21. The van der Waals surface area contributed by atoms with Crippen LogP contribution in [0.2, 0.25) is 0 Å². The summed E-state index contributed by atoms with van der Waals surface area (Å²) in [5.41, 5.74) is 0.838. The van der Waals surface area contributed by atoms with E-state index in [0.717, 1.165) is 12.1 Å². The summed E-state index contributed by atoms with van der Waals surface area (Å²) in [6, 6.07) is 0. The number of allylic oxidation sites excluding steroid dienone is 2. The summed E-state index contributed by atoms with van der Waals surface area (Å²) in [4.78, 5) is 29.5. The van der Waals surface area contributed by atoms with Gasteiger partial charge in [-0.1, -0.05) is 13.0 Å². The Morgan fingerprint density at radius 1 is 1.22 bits per heavy atom. The molecule has 0 atom stereocenters. The van der Waals surface area contributed by atoms with E-state index in [4.69, 9.17) is 0 Å². The number of nitrogens with one attached hydrogen (secondary N) is 2. The lowest BCUT2D eigenvalue weighted by Crippen LogP contribution is -2.46. The van der Waals surface area contributed by atoms with Gasteiger partial charge in [0.1, 0.15) is 0 Å². The van der Waals surface area contributed by atoms with Crippen LogP contribution in [-0.4, -0.2) is 61.7 Å². The molecule has 6 heteroatoms. The van der Waals surface area contributed by atoms with E-state index in [1.54, 1.807) is 19.0 Å². The lowest BCUT2D eigenvalue weighted by atomic mass is 10.1. The Balaban J connectivity index is 4.11. The van der Waals surface area contributed by atoms with Crippen LogP contribution in [0.1, 0.15) is 40.5 Å². The highest BCUT2D eigenvalue weighted by atomic mass is 16.2. The third kappa shape index (κ3) is 11.5. The molecule has 0 radical (unpaired) electrons. The largest absolute Gasteiger partial charge is 0.346 e. The van der Waals surface area contributed by atoms with Gasteiger partial charge < -0.3 is 15.5 Å². The molecule has 0 aliphatic rings. The van der Waals surface area contributed by atoms with Gasteiger partial charge in [0.2, 0.25) is 11.8 Å². The summed E-state index contributed by atoms with van der Waals surface area (Å²) in [5.74, 6) is -0.285. The molecule has 0 saturated carbocycles. The summed E-state index contributed by atoms with van der Waals surface area (Å²) in [7, 11) is 3.48. The first-order chi connectivity index (χ1) is 10.7. The fourth-order valence-electron chi connectivity index (χ4n) is 1.65. The molecule has 0 fully saturated rings. The Kier molecular flexibility index (Phi) is 10.1. The van der Waals surface area contributed by atoms with Crippen LogP contribution in [0.15, 0.2) is 17.1 Å². The second-order valence-electron chi connectivity index (χ2n) is 6.47. The van der Waals surface area contributed by atoms with Crippen molar-refractivity contribution in [1.82, 2.24) is 15.5 Å². The Bertz CT molecular complexity index is 436. The van der Waals surface area contributed by atoms with Crippen molar-refractivity contribution in [3.8, 4) is 0 Å². The Morgan fingerprint density at radius 3 is 2.39 bits per heavy atom. The van der Waals surface area contributed by atoms with Crippen LogP contribution in [-0.2, 0) is 9.59 Å². The highest BCUT2D eigenvalue weighted by molar-refractivity contribution is 5.95. The topological polar surface area (TPSA) is 73.8 Å². The Hall–Kier alpha value is -1.69. The minimum absolute atomic E-state index is 0.0184. The van der Waals surface area contributed by atoms with Crippen molar-refractivity contribution in [2.45, 2.75) is 46.1 Å². The first kappa shape index (κ1) is 21.3. The number of nitrogens with zero attached hydrogens (tertiary/aromatic N) is 2. The minimum Gasteiger partial charge on any atom is -0.346 e. The fraction of sp³-hybridized carbons (Fsp3) is 0.706. The Labute approximate surface area is 140 Å². The molecule has 0 aromatic heterocycles. The van der Waals surface area contributed by atoms with Crippen molar-refractivity contribution in [2.24, 2.45) is 4.99 Å². The highest BCUT2D eigenvalue weighted by Crippen LogP contribution is 1.97. The third-order valence-electron chi connectivity index (χ3n) is 3.18. The highest BCUT2D eigenvalue weighted by Gasteiger charge is 2.13. The van der Waals surface area contributed by atoms with E-state index in [1.807, 2.05) is 32.9 Å². The summed E-state index contributed by atoms with van der Waals surface area (Å²) >= 11 is 0. The number of rotatable bonds is 9. The van der Waals surface area contributed by atoms with Gasteiger partial charge in [-0.25, -0.2) is 0 Å². The van der Waals surface area contributed by atoms with Crippen molar-refractivity contribution in [2.75, 3.05) is 33.7 Å². The van der Waals surface area contributed by atoms with Gasteiger partial charge in [-0.3, -0.25) is 14.6 Å². The second-order valence-corrected chi connectivity index (χ2v) is 6.47. The summed E-state index contributed by atoms with van der Waals surface area (Å²) in [6.07, 6.45) is 5.70. The predicted molar refractivity (Wildman–Crippen MR) is 95.8 cm³/mol. The van der Waals surface area contributed by atoms with Gasteiger partial charge in [-0.15, -0.1) is 0 Å². The van der Waals surface area contributed by atoms with Crippen molar-refractivity contribution in [3.63, 3.8) is 0 Å². The summed E-state index contributed by atoms with van der Waals surface area (Å²) in [5, 5.41) is 5.72. The molecule has 0 rings (SSSR count). The molecule has 23 heavy (non-hydrogen) atoms. The van der Waals surface area contributed by atoms with Gasteiger partial charge in [-0.05, 0) is 33.3 Å². The lowest BCUT2D eigenvalue weighted by molar-refractivity contribution is -0.131. The van der Waals surface area contributed by atoms with Crippen LogP contribution in [0.5, 0.6) is 0 Å². The normalized spacial score (nSPS) is 12.5. The molecule has 2 amide bonds. The van der Waals surface area contributed by atoms with E-state index in [9.17, 15) is 9.59 Å². The molecule has 0 bridgehead atoms. The minimum atomic E-state index is -0.177. The number of aliphatic imine (C=N–C) groups is 1. The van der Waals surface area contributed by atoms with E-state index in [2.05, 4.69) is 22.5 Å². The maximum atomic E-state index is 12.0. The average Bonchev–Trinajstić information content (AvgIpc) is 2.49. The molecule has 0 heterocycles. The van der Waals surface area contributed by atoms with Crippen molar-refractivity contribution in [1.29, 1.82) is 0 Å². The van der Waals surface area contributed by atoms with E-state index in [-0.39, 0.29) is 30.4 Å². The SMILES string of the molecule is CC/C=C\C(CCN(C)C(=O)CNC(=O)CNC(C)(C)C)=NC. The zero-order valence-electron chi connectivity index (χ0n) is 15.4. The number of hydrogen-bond donors (Lipinski definition) is 2. The number of hydrogen-bond acceptors (Lipinski definition) is 4. The molecular formula is C17H32N4O2. The molecule has 132 valence electrons. The molecule has 0 spiro atoms. The van der Waals surface area contributed by atoms with Crippen LogP contribution in [0.25, 0.3) is 0 Å². The van der Waals surface area contributed by atoms with Crippen molar-refractivity contribution >= 4 is 17.5 Å². The van der Waals surface area contributed by atoms with Gasteiger partial charge >= 0.3 is 0 Å². The van der Waals surface area contributed by atoms with E-state index in [0.29, 0.717) is 13.0 Å². The molecular weight excluding hydrogens is 292 g/mol. The maximum Gasteiger partial charge on any atom is 0.241 e. The number of amides is 2. The fourth-order valence-corrected chi connectivity index (χ4v) is 1.65. The third-order valence-corrected chi connectivity index (χ3v) is 3.18. The van der Waals surface area contributed by atoms with E-state index in [1.165, 1.54) is 0 Å². The standard InChI is InChI=1S/C17H32N4O2/c1-7-8-9-14(18-5)10-11-21(6)16(23)13-19-15(22)12-20-17(2,3)4/h8-9,20H,7,10-13H2,1-6H3,(H,19,22)/b9-8-,18-14?. The molecule has 0 aromatic carbocycles. The molecule has 0 aromatic rings. The van der Waals surface area contributed by atoms with Crippen LogP contribution in [0, 0.1) is 0 Å². The number of likely N-dealkylation sites (N-methyl/N-ethyl adjacent to an activating group) is 1. The van der Waals surface area contributed by atoms with Gasteiger partial charge in [0, 0.05) is 38.3 Å². The van der Waals surface area contributed by atoms with E-state index < -0.39 is 0 Å². The van der Waals surface area contributed by atoms with Crippen molar-refractivity contribution < 1.29 is 9.59 Å². The second kappa shape index (κ2) is 10.9. The van der Waals surface area contributed by atoms with Gasteiger partial charge in [0.05, 0.1) is 13.1 Å². The first-order valence-corrected chi connectivity index (χ1v) is 8.07. The first-order valence-electron chi connectivity index (χ1n) is 8.07. The van der Waals surface area contributed by atoms with Gasteiger partial charge in [-0.2, -0.15) is 0 Å². The monoisotopic (exact) mass is 324 g/mol. The van der Waals surface area contributed by atoms with Crippen molar-refractivity contribution in [3.05, 3.63) is 12.2 Å². The maximum absolute atomic E-state index is 12.0. The molecule has 0 aliphatic heterocycles. The van der Waals surface area contributed by atoms with Crippen LogP contribution in [0.4, 0.5) is 0 Å². The summed E-state index contributed by atoms with van der Waals surface area (Å²) in [6.45, 7) is 8.82. The molecule has 2 N–H and O–H groups in total. The van der Waals surface area contributed by atoms with Gasteiger partial charge in [0.15, 0.2) is 0 Å². The predicted octanol–water partition coefficient (Wildman–Crippen LogP) is 1.38. The molecule has 0 aliphatic carbocycles. The zero-order valence-corrected chi connectivity index (χ0v) is 15.4. The molecule has 6 nitrogen and oxygen atoms in total. The smallest absolute Gasteiger partial charge is 0.241 e. The molecule has 0 unspecified atom stereocenters. The van der Waals surface area contributed by atoms with Crippen LogP contribution in [0.3, 0.4) is 0 Å². The Morgan fingerprint density at radius 2 is 1.87 bits per heavy atom. The van der Waals surface area contributed by atoms with Crippen LogP contribution >= 0.6 is 0 Å². The summed E-state index contributed by atoms with van der Waals surface area (Å²) < 4.78 is 0. The molecule has 0 saturated heterocycles. The van der Waals surface area contributed by atoms with Crippen LogP contribution < -0.4 is 10.6 Å². The number of carbonyl (C=O) groups excluding carboxylic acids is 2. The quantitative estimate of drug-likeness (QED) is 0.629. The van der Waals surface area contributed by atoms with Gasteiger partial charge in [0.25, 0.3) is 0 Å². The average molecular weight is 324 g/mol.